The van der Waals surface area contributed by atoms with Crippen LogP contribution in [0.1, 0.15) is 36.2 Å². The lowest BCUT2D eigenvalue weighted by atomic mass is 9.82. The minimum Gasteiger partial charge on any atom is -0.390 e. The van der Waals surface area contributed by atoms with Gasteiger partial charge in [-0.1, -0.05) is 30.3 Å². The minimum atomic E-state index is -0.299. The first-order chi connectivity index (χ1) is 12.2. The van der Waals surface area contributed by atoms with Crippen LogP contribution >= 0.6 is 0 Å². The van der Waals surface area contributed by atoms with Gasteiger partial charge in [0, 0.05) is 37.4 Å². The first-order valence-corrected chi connectivity index (χ1v) is 9.36. The molecule has 4 rings (SSSR count). The van der Waals surface area contributed by atoms with Crippen LogP contribution in [-0.4, -0.2) is 56.2 Å². The number of aromatic nitrogens is 2. The molecule has 2 saturated heterocycles. The summed E-state index contributed by atoms with van der Waals surface area (Å²) in [6.07, 6.45) is 4.78. The summed E-state index contributed by atoms with van der Waals surface area (Å²) in [7, 11) is 0. The van der Waals surface area contributed by atoms with E-state index in [4.69, 9.17) is 0 Å². The first-order valence-electron chi connectivity index (χ1n) is 9.36. The maximum absolute atomic E-state index is 11.1. The summed E-state index contributed by atoms with van der Waals surface area (Å²) in [5.41, 5.74) is 3.51. The van der Waals surface area contributed by atoms with Crippen LogP contribution in [0, 0.1) is 6.92 Å². The van der Waals surface area contributed by atoms with Crippen LogP contribution in [0.4, 0.5) is 0 Å². The van der Waals surface area contributed by atoms with Gasteiger partial charge in [-0.3, -0.25) is 9.80 Å². The zero-order valence-electron chi connectivity index (χ0n) is 15.0. The Labute approximate surface area is 149 Å². The van der Waals surface area contributed by atoms with Gasteiger partial charge in [0.15, 0.2) is 0 Å². The number of hydrogen-bond acceptors (Lipinski definition) is 4. The number of aliphatic hydroxyl groups excluding tert-OH is 1. The number of likely N-dealkylation sites (tertiary alicyclic amines) is 2. The molecule has 5 heteroatoms. The number of nitrogens with one attached hydrogen (secondary N) is 1. The number of hydrogen-bond donors (Lipinski definition) is 2. The van der Waals surface area contributed by atoms with E-state index >= 15 is 0 Å². The second-order valence-electron chi connectivity index (χ2n) is 7.59. The van der Waals surface area contributed by atoms with Gasteiger partial charge in [-0.25, -0.2) is 4.98 Å². The van der Waals surface area contributed by atoms with Crippen LogP contribution in [0.15, 0.2) is 36.7 Å². The molecule has 0 radical (unpaired) electrons. The van der Waals surface area contributed by atoms with Crippen molar-refractivity contribution in [3.63, 3.8) is 0 Å². The molecule has 2 aliphatic heterocycles. The Kier molecular flexibility index (Phi) is 4.63. The Hall–Kier alpha value is -1.69. The molecule has 0 aliphatic carbocycles. The van der Waals surface area contributed by atoms with Gasteiger partial charge in [0.25, 0.3) is 0 Å². The maximum atomic E-state index is 11.1. The largest absolute Gasteiger partial charge is 0.390 e. The molecule has 0 amide bonds. The second kappa shape index (κ2) is 6.90. The van der Waals surface area contributed by atoms with E-state index in [1.54, 1.807) is 6.33 Å². The highest BCUT2D eigenvalue weighted by Crippen LogP contribution is 2.39. The van der Waals surface area contributed by atoms with E-state index < -0.39 is 0 Å². The van der Waals surface area contributed by atoms with Crippen molar-refractivity contribution in [2.75, 3.05) is 19.6 Å². The highest BCUT2D eigenvalue weighted by atomic mass is 16.3. The van der Waals surface area contributed by atoms with E-state index in [2.05, 4.69) is 57.0 Å². The summed E-state index contributed by atoms with van der Waals surface area (Å²) in [6, 6.07) is 10.6. The number of H-pyrrole nitrogens is 1. The van der Waals surface area contributed by atoms with E-state index in [0.29, 0.717) is 0 Å². The van der Waals surface area contributed by atoms with Crippen LogP contribution in [-0.2, 0) is 13.1 Å². The smallest absolute Gasteiger partial charge is 0.0925 e. The number of piperidine rings is 1. The Morgan fingerprint density at radius 1 is 1.20 bits per heavy atom. The van der Waals surface area contributed by atoms with Gasteiger partial charge in [0.1, 0.15) is 0 Å². The molecular formula is C20H28N4O. The van der Waals surface area contributed by atoms with Gasteiger partial charge in [0.2, 0.25) is 0 Å². The Morgan fingerprint density at radius 3 is 2.76 bits per heavy atom. The SMILES string of the molecule is Cc1[nH]cnc1CN1CC[C@@]2(CCCN2Cc2ccccc2)[C@@H](O)C1. The Balaban J connectivity index is 1.44. The number of aromatic amines is 1. The van der Waals surface area contributed by atoms with Gasteiger partial charge < -0.3 is 10.1 Å². The van der Waals surface area contributed by atoms with Crippen LogP contribution in [0.3, 0.4) is 0 Å². The number of aliphatic hydroxyl groups is 1. The third kappa shape index (κ3) is 3.24. The average molecular weight is 340 g/mol. The normalized spacial score (nSPS) is 28.0. The molecule has 0 bridgehead atoms. The van der Waals surface area contributed by atoms with Crippen LogP contribution in [0.5, 0.6) is 0 Å². The summed E-state index contributed by atoms with van der Waals surface area (Å²) >= 11 is 0. The first kappa shape index (κ1) is 16.8. The lowest BCUT2D eigenvalue weighted by Crippen LogP contribution is -2.61. The third-order valence-corrected chi connectivity index (χ3v) is 6.10. The van der Waals surface area contributed by atoms with E-state index in [1.807, 2.05) is 0 Å². The lowest BCUT2D eigenvalue weighted by molar-refractivity contribution is -0.0685. The number of β-amino-alcohol motifs (C(OH)–C–C–N with tert-alkyl or cyclic N) is 1. The van der Waals surface area contributed by atoms with Crippen molar-refractivity contribution in [2.24, 2.45) is 0 Å². The topological polar surface area (TPSA) is 55.4 Å². The monoisotopic (exact) mass is 340 g/mol. The fraction of sp³-hybridized carbons (Fsp3) is 0.550. The molecule has 25 heavy (non-hydrogen) atoms. The Bertz CT molecular complexity index is 701. The minimum absolute atomic E-state index is 0.0486. The summed E-state index contributed by atoms with van der Waals surface area (Å²) in [5, 5.41) is 11.1. The fourth-order valence-corrected chi connectivity index (χ4v) is 4.58. The highest BCUT2D eigenvalue weighted by Gasteiger charge is 2.49. The summed E-state index contributed by atoms with van der Waals surface area (Å²) < 4.78 is 0. The molecule has 2 aromatic rings. The molecule has 1 aromatic heterocycles. The van der Waals surface area contributed by atoms with Gasteiger partial charge in [-0.15, -0.1) is 0 Å². The predicted molar refractivity (Wildman–Crippen MR) is 98.0 cm³/mol. The lowest BCUT2D eigenvalue weighted by Gasteiger charge is -2.48. The van der Waals surface area contributed by atoms with Crippen molar-refractivity contribution in [1.29, 1.82) is 0 Å². The molecule has 2 N–H and O–H groups in total. The maximum Gasteiger partial charge on any atom is 0.0925 e. The van der Waals surface area contributed by atoms with E-state index in [-0.39, 0.29) is 11.6 Å². The summed E-state index contributed by atoms with van der Waals surface area (Å²) in [6.45, 7) is 6.66. The number of rotatable bonds is 4. The van der Waals surface area contributed by atoms with E-state index in [0.717, 1.165) is 57.0 Å². The molecule has 2 aliphatic rings. The number of nitrogens with zero attached hydrogens (tertiary/aromatic N) is 3. The van der Waals surface area contributed by atoms with Crippen molar-refractivity contribution < 1.29 is 5.11 Å². The standard InChI is InChI=1S/C20H28N4O/c1-16-18(22-15-21-16)13-23-11-9-20(19(25)14-23)8-5-10-24(20)12-17-6-3-2-4-7-17/h2-4,6-7,15,19,25H,5,8-14H2,1H3,(H,21,22)/t19-,20-/m0/s1. The summed E-state index contributed by atoms with van der Waals surface area (Å²) in [4.78, 5) is 12.4. The number of aryl methyl sites for hydroxylation is 1. The van der Waals surface area contributed by atoms with Crippen LogP contribution in [0.2, 0.25) is 0 Å². The van der Waals surface area contributed by atoms with Crippen LogP contribution < -0.4 is 0 Å². The zero-order valence-corrected chi connectivity index (χ0v) is 15.0. The van der Waals surface area contributed by atoms with Crippen molar-refractivity contribution in [3.8, 4) is 0 Å². The fourth-order valence-electron chi connectivity index (χ4n) is 4.58. The van der Waals surface area contributed by atoms with Gasteiger partial charge in [-0.05, 0) is 38.3 Å². The van der Waals surface area contributed by atoms with Crippen LogP contribution in [0.25, 0.3) is 0 Å². The van der Waals surface area contributed by atoms with Gasteiger partial charge in [0.05, 0.1) is 18.1 Å². The van der Waals surface area contributed by atoms with Crippen molar-refractivity contribution in [1.82, 2.24) is 19.8 Å². The second-order valence-corrected chi connectivity index (χ2v) is 7.59. The van der Waals surface area contributed by atoms with Gasteiger partial charge in [-0.2, -0.15) is 0 Å². The molecule has 5 nitrogen and oxygen atoms in total. The van der Waals surface area contributed by atoms with E-state index in [1.165, 1.54) is 12.0 Å². The molecule has 2 atom stereocenters. The molecule has 0 saturated carbocycles. The number of benzene rings is 1. The molecule has 1 spiro atoms. The van der Waals surface area contributed by atoms with Crippen molar-refractivity contribution in [2.45, 2.75) is 50.9 Å². The quantitative estimate of drug-likeness (QED) is 0.897. The number of imidazole rings is 1. The zero-order chi connectivity index (χ0) is 17.3. The predicted octanol–water partition coefficient (Wildman–Crippen LogP) is 2.32. The Morgan fingerprint density at radius 2 is 2.04 bits per heavy atom. The van der Waals surface area contributed by atoms with Crippen molar-refractivity contribution in [3.05, 3.63) is 53.6 Å². The molecule has 2 fully saturated rings. The average Bonchev–Trinajstić information content (AvgIpc) is 3.20. The molecule has 1 aromatic carbocycles. The van der Waals surface area contributed by atoms with Gasteiger partial charge >= 0.3 is 0 Å². The third-order valence-electron chi connectivity index (χ3n) is 6.10. The molecule has 3 heterocycles. The van der Waals surface area contributed by atoms with Crippen molar-refractivity contribution >= 4 is 0 Å². The molecular weight excluding hydrogens is 312 g/mol. The highest BCUT2D eigenvalue weighted by molar-refractivity contribution is 5.17. The molecule has 0 unspecified atom stereocenters. The summed E-state index contributed by atoms with van der Waals surface area (Å²) in [5.74, 6) is 0. The van der Waals surface area contributed by atoms with E-state index in [9.17, 15) is 5.11 Å². The molecule has 134 valence electrons.